The molecular formula is C12H6BrF3N2O2S. The molecule has 0 unspecified atom stereocenters. The van der Waals surface area contributed by atoms with E-state index in [0.717, 1.165) is 17.8 Å². The van der Waals surface area contributed by atoms with Crippen molar-refractivity contribution in [1.82, 2.24) is 9.97 Å². The number of hydrogen-bond acceptors (Lipinski definition) is 4. The number of alkyl halides is 3. The Balaban J connectivity index is 2.43. The summed E-state index contributed by atoms with van der Waals surface area (Å²) in [6.45, 7) is 0. The van der Waals surface area contributed by atoms with E-state index in [1.165, 1.54) is 6.20 Å². The van der Waals surface area contributed by atoms with Crippen molar-refractivity contribution in [2.24, 2.45) is 0 Å². The molecule has 0 bridgehead atoms. The second-order valence-electron chi connectivity index (χ2n) is 3.77. The highest BCUT2D eigenvalue weighted by Gasteiger charge is 2.33. The maximum Gasteiger partial charge on any atom is 0.433 e. The summed E-state index contributed by atoms with van der Waals surface area (Å²) in [7, 11) is 0. The zero-order valence-electron chi connectivity index (χ0n) is 10.1. The minimum absolute atomic E-state index is 0.257. The highest BCUT2D eigenvalue weighted by molar-refractivity contribution is 9.10. The first-order valence-corrected chi connectivity index (χ1v) is 6.99. The van der Waals surface area contributed by atoms with Crippen molar-refractivity contribution >= 4 is 33.7 Å². The van der Waals surface area contributed by atoms with Crippen molar-refractivity contribution in [3.8, 4) is 0 Å². The summed E-state index contributed by atoms with van der Waals surface area (Å²) in [5, 5.41) is 9.10. The first-order chi connectivity index (χ1) is 9.77. The van der Waals surface area contributed by atoms with Crippen LogP contribution in [0.5, 0.6) is 0 Å². The molecule has 21 heavy (non-hydrogen) atoms. The maximum atomic E-state index is 12.7. The highest BCUT2D eigenvalue weighted by Crippen LogP contribution is 2.33. The third-order valence-corrected chi connectivity index (χ3v) is 3.71. The van der Waals surface area contributed by atoms with Crippen LogP contribution < -0.4 is 0 Å². The molecule has 0 atom stereocenters. The van der Waals surface area contributed by atoms with Gasteiger partial charge in [0.1, 0.15) is 15.7 Å². The lowest BCUT2D eigenvalue weighted by molar-refractivity contribution is -0.141. The van der Waals surface area contributed by atoms with E-state index >= 15 is 0 Å². The van der Waals surface area contributed by atoms with Gasteiger partial charge in [0.05, 0.1) is 5.56 Å². The summed E-state index contributed by atoms with van der Waals surface area (Å²) >= 11 is 3.93. The first kappa shape index (κ1) is 15.8. The van der Waals surface area contributed by atoms with Gasteiger partial charge in [-0.05, 0) is 52.0 Å². The van der Waals surface area contributed by atoms with Gasteiger partial charge in [-0.1, -0.05) is 0 Å². The van der Waals surface area contributed by atoms with Gasteiger partial charge in [-0.3, -0.25) is 0 Å². The van der Waals surface area contributed by atoms with Gasteiger partial charge < -0.3 is 5.11 Å². The molecule has 0 amide bonds. The highest BCUT2D eigenvalue weighted by atomic mass is 79.9. The van der Waals surface area contributed by atoms with E-state index in [9.17, 15) is 18.0 Å². The minimum atomic E-state index is -4.64. The van der Waals surface area contributed by atoms with Gasteiger partial charge in [-0.15, -0.1) is 0 Å². The van der Waals surface area contributed by atoms with Gasteiger partial charge in [-0.2, -0.15) is 13.2 Å². The molecule has 0 radical (unpaired) electrons. The average Bonchev–Trinajstić information content (AvgIpc) is 2.40. The van der Waals surface area contributed by atoms with Crippen LogP contribution in [0.4, 0.5) is 13.2 Å². The molecule has 4 nitrogen and oxygen atoms in total. The van der Waals surface area contributed by atoms with Crippen LogP contribution in [0.25, 0.3) is 0 Å². The number of carbonyl (C=O) groups is 1. The number of aromatic carboxylic acids is 1. The monoisotopic (exact) mass is 378 g/mol. The lowest BCUT2D eigenvalue weighted by atomic mass is 10.2. The third-order valence-electron chi connectivity index (χ3n) is 2.28. The van der Waals surface area contributed by atoms with Crippen LogP contribution >= 0.6 is 27.7 Å². The molecule has 0 aliphatic rings. The fourth-order valence-electron chi connectivity index (χ4n) is 1.36. The number of pyridine rings is 2. The van der Waals surface area contributed by atoms with E-state index in [0.29, 0.717) is 15.6 Å². The van der Waals surface area contributed by atoms with Gasteiger partial charge in [0.2, 0.25) is 0 Å². The molecule has 2 aromatic heterocycles. The average molecular weight is 379 g/mol. The van der Waals surface area contributed by atoms with Crippen LogP contribution in [-0.2, 0) is 6.18 Å². The van der Waals surface area contributed by atoms with E-state index in [1.54, 1.807) is 12.1 Å². The Morgan fingerprint density at radius 1 is 1.24 bits per heavy atom. The molecule has 0 fully saturated rings. The lowest BCUT2D eigenvalue weighted by Gasteiger charge is -2.09. The summed E-state index contributed by atoms with van der Waals surface area (Å²) in [4.78, 5) is 18.4. The number of halogens is 4. The molecule has 0 aliphatic carbocycles. The van der Waals surface area contributed by atoms with Gasteiger partial charge >= 0.3 is 12.1 Å². The van der Waals surface area contributed by atoms with Gasteiger partial charge in [0.15, 0.2) is 0 Å². The Bertz CT molecular complexity index is 677. The van der Waals surface area contributed by atoms with Crippen molar-refractivity contribution in [3.63, 3.8) is 0 Å². The zero-order valence-corrected chi connectivity index (χ0v) is 12.5. The fraction of sp³-hybridized carbons (Fsp3) is 0.0833. The summed E-state index contributed by atoms with van der Waals surface area (Å²) in [6.07, 6.45) is -3.18. The van der Waals surface area contributed by atoms with Crippen molar-refractivity contribution in [3.05, 3.63) is 46.2 Å². The lowest BCUT2D eigenvalue weighted by Crippen LogP contribution is -2.11. The smallest absolute Gasteiger partial charge is 0.433 e. The molecule has 0 spiro atoms. The zero-order chi connectivity index (χ0) is 15.6. The van der Waals surface area contributed by atoms with Gasteiger partial charge in [0.25, 0.3) is 0 Å². The Morgan fingerprint density at radius 3 is 2.48 bits per heavy atom. The Labute approximate surface area is 129 Å². The minimum Gasteiger partial charge on any atom is -0.478 e. The fourth-order valence-corrected chi connectivity index (χ4v) is 2.44. The van der Waals surface area contributed by atoms with Crippen LogP contribution in [0, 0.1) is 0 Å². The van der Waals surface area contributed by atoms with E-state index in [1.807, 2.05) is 0 Å². The standard InChI is InChI=1S/C12H6BrF3N2O2S/c13-6-1-4-9(17-5-6)21-10-7(11(19)20)2-3-8(18-10)12(14,15)16/h1-5H,(H,19,20). The van der Waals surface area contributed by atoms with Crippen LogP contribution in [0.1, 0.15) is 16.1 Å². The van der Waals surface area contributed by atoms with Crippen LogP contribution in [-0.4, -0.2) is 21.0 Å². The SMILES string of the molecule is O=C(O)c1ccc(C(F)(F)F)nc1Sc1ccc(Br)cn1. The molecule has 110 valence electrons. The largest absolute Gasteiger partial charge is 0.478 e. The number of hydrogen-bond donors (Lipinski definition) is 1. The summed E-state index contributed by atoms with van der Waals surface area (Å²) in [5.74, 6) is -1.35. The van der Waals surface area contributed by atoms with Crippen LogP contribution in [0.2, 0.25) is 0 Å². The molecule has 0 saturated heterocycles. The second kappa shape index (κ2) is 6.02. The number of aromatic nitrogens is 2. The van der Waals surface area contributed by atoms with Crippen molar-refractivity contribution in [2.45, 2.75) is 16.2 Å². The van der Waals surface area contributed by atoms with E-state index < -0.39 is 17.8 Å². The molecule has 0 aromatic carbocycles. The predicted octanol–water partition coefficient (Wildman–Crippen LogP) is 4.11. The van der Waals surface area contributed by atoms with E-state index in [2.05, 4.69) is 25.9 Å². The summed E-state index contributed by atoms with van der Waals surface area (Å²) in [5.41, 5.74) is -1.45. The Morgan fingerprint density at radius 2 is 1.95 bits per heavy atom. The number of rotatable bonds is 3. The summed E-state index contributed by atoms with van der Waals surface area (Å²) < 4.78 is 38.7. The van der Waals surface area contributed by atoms with Crippen LogP contribution in [0.3, 0.4) is 0 Å². The van der Waals surface area contributed by atoms with Crippen molar-refractivity contribution in [2.75, 3.05) is 0 Å². The van der Waals surface area contributed by atoms with Gasteiger partial charge in [0, 0.05) is 10.7 Å². The number of carboxylic acids is 1. The molecule has 9 heteroatoms. The van der Waals surface area contributed by atoms with Crippen molar-refractivity contribution < 1.29 is 23.1 Å². The second-order valence-corrected chi connectivity index (χ2v) is 5.69. The molecule has 1 N–H and O–H groups in total. The maximum absolute atomic E-state index is 12.7. The molecule has 2 heterocycles. The van der Waals surface area contributed by atoms with E-state index in [4.69, 9.17) is 5.11 Å². The molecular weight excluding hydrogens is 373 g/mol. The molecule has 2 rings (SSSR count). The number of carboxylic acid groups (broad SMARTS) is 1. The topological polar surface area (TPSA) is 63.1 Å². The Kier molecular flexibility index (Phi) is 4.52. The normalized spacial score (nSPS) is 11.4. The molecule has 2 aromatic rings. The number of nitrogens with zero attached hydrogens (tertiary/aromatic N) is 2. The Hall–Kier alpha value is -1.61. The summed E-state index contributed by atoms with van der Waals surface area (Å²) in [6, 6.07) is 4.72. The van der Waals surface area contributed by atoms with Crippen LogP contribution in [0.15, 0.2) is 45.0 Å². The van der Waals surface area contributed by atoms with Gasteiger partial charge in [-0.25, -0.2) is 14.8 Å². The van der Waals surface area contributed by atoms with Crippen molar-refractivity contribution in [1.29, 1.82) is 0 Å². The molecule has 0 aliphatic heterocycles. The predicted molar refractivity (Wildman–Crippen MR) is 72.3 cm³/mol. The quantitative estimate of drug-likeness (QED) is 0.870. The molecule has 0 saturated carbocycles. The third kappa shape index (κ3) is 3.94. The van der Waals surface area contributed by atoms with E-state index in [-0.39, 0.29) is 10.6 Å². The first-order valence-electron chi connectivity index (χ1n) is 5.38.